The van der Waals surface area contributed by atoms with E-state index < -0.39 is 0 Å². The van der Waals surface area contributed by atoms with Crippen molar-refractivity contribution in [2.45, 2.75) is 12.5 Å². The molecule has 8 heteroatoms. The van der Waals surface area contributed by atoms with E-state index >= 15 is 0 Å². The zero-order valence-electron chi connectivity index (χ0n) is 15.1. The Hall–Kier alpha value is -1.96. The van der Waals surface area contributed by atoms with E-state index in [1.54, 1.807) is 20.3 Å². The zero-order valence-corrected chi connectivity index (χ0v) is 17.4. The van der Waals surface area contributed by atoms with Crippen molar-refractivity contribution in [2.75, 3.05) is 32.2 Å². The molecule has 1 saturated heterocycles. The molecule has 0 amide bonds. The maximum Gasteiger partial charge on any atom is 0.141 e. The first kappa shape index (κ1) is 18.4. The van der Waals surface area contributed by atoms with Crippen molar-refractivity contribution in [1.29, 1.82) is 0 Å². The number of hydrogen-bond acceptors (Lipinski definition) is 5. The Kier molecular flexibility index (Phi) is 4.92. The first-order chi connectivity index (χ1) is 13.0. The van der Waals surface area contributed by atoms with Crippen LogP contribution >= 0.6 is 27.5 Å². The minimum absolute atomic E-state index is 0.217. The quantitative estimate of drug-likeness (QED) is 0.650. The molecule has 1 aromatic carbocycles. The minimum Gasteiger partial charge on any atom is -0.496 e. The third kappa shape index (κ3) is 3.35. The van der Waals surface area contributed by atoms with Gasteiger partial charge >= 0.3 is 0 Å². The number of aromatic nitrogens is 2. The predicted molar refractivity (Wildman–Crippen MR) is 111 cm³/mol. The minimum atomic E-state index is 0.217. The Bertz CT molecular complexity index is 1010. The molecule has 0 unspecified atom stereocenters. The van der Waals surface area contributed by atoms with Crippen LogP contribution in [0, 0.1) is 0 Å². The lowest BCUT2D eigenvalue weighted by Crippen LogP contribution is -2.26. The van der Waals surface area contributed by atoms with Crippen molar-refractivity contribution in [3.05, 3.63) is 40.1 Å². The number of nitrogens with zero attached hydrogens (tertiary/aromatic N) is 3. The van der Waals surface area contributed by atoms with E-state index in [0.29, 0.717) is 16.5 Å². The van der Waals surface area contributed by atoms with Gasteiger partial charge in [-0.2, -0.15) is 0 Å². The molecule has 0 aliphatic carbocycles. The van der Waals surface area contributed by atoms with E-state index in [-0.39, 0.29) is 6.04 Å². The number of hydrogen-bond donors (Lipinski definition) is 1. The fraction of sp³-hybridized carbons (Fsp3) is 0.316. The Morgan fingerprint density at radius 3 is 2.63 bits per heavy atom. The van der Waals surface area contributed by atoms with Crippen LogP contribution < -0.4 is 20.1 Å². The summed E-state index contributed by atoms with van der Waals surface area (Å²) in [6.07, 6.45) is 4.97. The van der Waals surface area contributed by atoms with E-state index in [0.717, 1.165) is 46.6 Å². The second kappa shape index (κ2) is 7.22. The van der Waals surface area contributed by atoms with Crippen LogP contribution in [0.5, 0.6) is 11.5 Å². The Balaban J connectivity index is 1.79. The average molecular weight is 452 g/mol. The topological polar surface area (TPSA) is 65.0 Å². The van der Waals surface area contributed by atoms with Crippen molar-refractivity contribution in [3.63, 3.8) is 0 Å². The van der Waals surface area contributed by atoms with E-state index in [9.17, 15) is 0 Å². The van der Waals surface area contributed by atoms with Crippen LogP contribution in [0.15, 0.2) is 35.1 Å². The lowest BCUT2D eigenvalue weighted by atomic mass is 10.1. The maximum absolute atomic E-state index is 6.32. The molecule has 1 aliphatic heterocycles. The van der Waals surface area contributed by atoms with Crippen molar-refractivity contribution < 1.29 is 9.47 Å². The third-order valence-electron chi connectivity index (χ3n) is 4.84. The number of rotatable bonds is 4. The molecule has 1 fully saturated rings. The van der Waals surface area contributed by atoms with E-state index in [1.807, 2.05) is 22.9 Å². The molecule has 3 heterocycles. The Labute approximate surface area is 171 Å². The summed E-state index contributed by atoms with van der Waals surface area (Å²) in [6.45, 7) is 1.80. The van der Waals surface area contributed by atoms with Gasteiger partial charge in [-0.15, -0.1) is 0 Å². The predicted octanol–water partition coefficient (Wildman–Crippen LogP) is 3.97. The highest BCUT2D eigenvalue weighted by molar-refractivity contribution is 9.10. The molecule has 3 aromatic rings. The second-order valence-corrected chi connectivity index (χ2v) is 7.84. The van der Waals surface area contributed by atoms with E-state index in [2.05, 4.69) is 26.9 Å². The molecular formula is C19H20BrClN4O2. The highest BCUT2D eigenvalue weighted by Gasteiger charge is 2.22. The van der Waals surface area contributed by atoms with Crippen molar-refractivity contribution in [2.24, 2.45) is 5.73 Å². The van der Waals surface area contributed by atoms with E-state index in [4.69, 9.17) is 31.8 Å². The number of benzene rings is 1. The van der Waals surface area contributed by atoms with Crippen LogP contribution in [0.3, 0.4) is 0 Å². The number of fused-ring (bicyclic) bond motifs is 1. The van der Waals surface area contributed by atoms with Gasteiger partial charge < -0.3 is 24.5 Å². The summed E-state index contributed by atoms with van der Waals surface area (Å²) in [7, 11) is 3.20. The van der Waals surface area contributed by atoms with Crippen LogP contribution in [0.1, 0.15) is 6.42 Å². The normalized spacial score (nSPS) is 16.9. The first-order valence-electron chi connectivity index (χ1n) is 8.61. The van der Waals surface area contributed by atoms with Crippen LogP contribution in [0.25, 0.3) is 16.9 Å². The van der Waals surface area contributed by atoms with Gasteiger partial charge in [-0.3, -0.25) is 0 Å². The summed E-state index contributed by atoms with van der Waals surface area (Å²) in [5.41, 5.74) is 9.60. The smallest absolute Gasteiger partial charge is 0.141 e. The Morgan fingerprint density at radius 2 is 1.96 bits per heavy atom. The standard InChI is InChI=1S/C19H20BrClN4O2/c1-26-17-7-18(27-2)14(21)5-12(17)15-10-25-9-13(20)16(6-19(25)23-15)24-4-3-11(22)8-24/h5-7,9-11H,3-4,8,22H2,1-2H3/t11-/m0/s1. The summed E-state index contributed by atoms with van der Waals surface area (Å²) >= 11 is 9.99. The molecule has 0 spiro atoms. The van der Waals surface area contributed by atoms with Gasteiger partial charge in [-0.1, -0.05) is 11.6 Å². The molecule has 0 bridgehead atoms. The summed E-state index contributed by atoms with van der Waals surface area (Å²) in [4.78, 5) is 7.07. The molecule has 6 nitrogen and oxygen atoms in total. The number of pyridine rings is 1. The third-order valence-corrected chi connectivity index (χ3v) is 5.75. The van der Waals surface area contributed by atoms with Crippen LogP contribution in [0.4, 0.5) is 5.69 Å². The average Bonchev–Trinajstić information content (AvgIpc) is 3.26. The number of ether oxygens (including phenoxy) is 2. The van der Waals surface area contributed by atoms with Gasteiger partial charge in [0.05, 0.1) is 35.1 Å². The van der Waals surface area contributed by atoms with Gasteiger partial charge in [0.15, 0.2) is 0 Å². The molecule has 27 heavy (non-hydrogen) atoms. The molecule has 4 rings (SSSR count). The van der Waals surface area contributed by atoms with Gasteiger partial charge in [-0.05, 0) is 28.4 Å². The van der Waals surface area contributed by atoms with Gasteiger partial charge in [0.25, 0.3) is 0 Å². The molecule has 2 aromatic heterocycles. The monoisotopic (exact) mass is 450 g/mol. The second-order valence-electron chi connectivity index (χ2n) is 6.58. The number of halogens is 2. The molecule has 142 valence electrons. The fourth-order valence-electron chi connectivity index (χ4n) is 3.44. The highest BCUT2D eigenvalue weighted by atomic mass is 79.9. The van der Waals surface area contributed by atoms with Crippen LogP contribution in [-0.4, -0.2) is 42.7 Å². The van der Waals surface area contributed by atoms with Crippen LogP contribution in [-0.2, 0) is 0 Å². The van der Waals surface area contributed by atoms with Crippen LogP contribution in [0.2, 0.25) is 5.02 Å². The first-order valence-corrected chi connectivity index (χ1v) is 9.78. The number of imidazole rings is 1. The van der Waals surface area contributed by atoms with Crippen molar-refractivity contribution >= 4 is 38.9 Å². The highest BCUT2D eigenvalue weighted by Crippen LogP contribution is 2.39. The summed E-state index contributed by atoms with van der Waals surface area (Å²) in [5.74, 6) is 1.22. The molecular weight excluding hydrogens is 432 g/mol. The molecule has 1 atom stereocenters. The molecule has 0 saturated carbocycles. The number of anilines is 1. The van der Waals surface area contributed by atoms with Gasteiger partial charge in [0, 0.05) is 49.2 Å². The largest absolute Gasteiger partial charge is 0.496 e. The number of nitrogens with two attached hydrogens (primary N) is 1. The summed E-state index contributed by atoms with van der Waals surface area (Å²) in [5, 5.41) is 0.512. The maximum atomic E-state index is 6.32. The lowest BCUT2D eigenvalue weighted by Gasteiger charge is -2.19. The molecule has 0 radical (unpaired) electrons. The lowest BCUT2D eigenvalue weighted by molar-refractivity contribution is 0.395. The van der Waals surface area contributed by atoms with Gasteiger partial charge in [0.1, 0.15) is 17.1 Å². The van der Waals surface area contributed by atoms with E-state index in [1.165, 1.54) is 0 Å². The summed E-state index contributed by atoms with van der Waals surface area (Å²) < 4.78 is 13.8. The molecule has 2 N–H and O–H groups in total. The SMILES string of the molecule is COc1cc(OC)c(-c2cn3cc(Br)c(N4CC[C@H](N)C4)cc3n2)cc1Cl. The van der Waals surface area contributed by atoms with Gasteiger partial charge in [0.2, 0.25) is 0 Å². The zero-order chi connectivity index (χ0) is 19.1. The van der Waals surface area contributed by atoms with Gasteiger partial charge in [-0.25, -0.2) is 4.98 Å². The molecule has 1 aliphatic rings. The number of methoxy groups -OCH3 is 2. The summed E-state index contributed by atoms with van der Waals surface area (Å²) in [6, 6.07) is 5.88. The van der Waals surface area contributed by atoms with Crippen molar-refractivity contribution in [3.8, 4) is 22.8 Å². The Morgan fingerprint density at radius 1 is 1.19 bits per heavy atom. The fourth-order valence-corrected chi connectivity index (χ4v) is 4.26. The van der Waals surface area contributed by atoms with Crippen molar-refractivity contribution in [1.82, 2.24) is 9.38 Å².